The number of nitrogens with one attached hydrogen (secondary N) is 1. The van der Waals surface area contributed by atoms with E-state index in [2.05, 4.69) is 31.0 Å². The van der Waals surface area contributed by atoms with Gasteiger partial charge in [-0.1, -0.05) is 25.4 Å². The van der Waals surface area contributed by atoms with Crippen molar-refractivity contribution in [1.82, 2.24) is 5.32 Å². The summed E-state index contributed by atoms with van der Waals surface area (Å²) in [6.45, 7) is 8.35. The van der Waals surface area contributed by atoms with Crippen LogP contribution in [0.2, 0.25) is 5.02 Å². The summed E-state index contributed by atoms with van der Waals surface area (Å²) in [5, 5.41) is 4.10. The Bertz CT molecular complexity index is 426. The number of hydrogen-bond donors (Lipinski definition) is 1. The number of rotatable bonds is 3. The molecule has 0 amide bonds. The lowest BCUT2D eigenvalue weighted by Crippen LogP contribution is -2.63. The van der Waals surface area contributed by atoms with Crippen molar-refractivity contribution in [3.63, 3.8) is 0 Å². The molecule has 0 radical (unpaired) electrons. The SMILES string of the molecule is CCC1(CC)CN(c2cc(F)cc(Cl)c2)C(C)CN1. The van der Waals surface area contributed by atoms with Crippen molar-refractivity contribution in [3.05, 3.63) is 29.0 Å². The van der Waals surface area contributed by atoms with Gasteiger partial charge >= 0.3 is 0 Å². The number of piperazine rings is 1. The molecule has 1 aliphatic rings. The van der Waals surface area contributed by atoms with E-state index in [9.17, 15) is 4.39 Å². The summed E-state index contributed by atoms with van der Waals surface area (Å²) in [4.78, 5) is 2.26. The minimum Gasteiger partial charge on any atom is -0.366 e. The van der Waals surface area contributed by atoms with E-state index in [0.717, 1.165) is 31.6 Å². The molecule has 0 aliphatic carbocycles. The molecule has 2 rings (SSSR count). The topological polar surface area (TPSA) is 15.3 Å². The maximum absolute atomic E-state index is 13.5. The largest absolute Gasteiger partial charge is 0.366 e. The van der Waals surface area contributed by atoms with Gasteiger partial charge in [-0.2, -0.15) is 0 Å². The zero-order chi connectivity index (χ0) is 14.0. The van der Waals surface area contributed by atoms with Crippen LogP contribution in [-0.4, -0.2) is 24.7 Å². The van der Waals surface area contributed by atoms with E-state index in [1.54, 1.807) is 6.07 Å². The number of benzene rings is 1. The summed E-state index contributed by atoms with van der Waals surface area (Å²) < 4.78 is 13.5. The molecule has 4 heteroatoms. The van der Waals surface area contributed by atoms with Crippen LogP contribution in [0.15, 0.2) is 18.2 Å². The van der Waals surface area contributed by atoms with Crippen molar-refractivity contribution < 1.29 is 4.39 Å². The normalized spacial score (nSPS) is 22.6. The molecule has 1 unspecified atom stereocenters. The Morgan fingerprint density at radius 2 is 2.05 bits per heavy atom. The number of halogens is 2. The number of nitrogens with zero attached hydrogens (tertiary/aromatic N) is 1. The lowest BCUT2D eigenvalue weighted by Gasteiger charge is -2.47. The second-order valence-electron chi connectivity index (χ2n) is 5.47. The molecular formula is C15H22ClFN2. The third-order valence-corrected chi connectivity index (χ3v) is 4.53. The molecule has 1 fully saturated rings. The van der Waals surface area contributed by atoms with Crippen molar-refractivity contribution in [2.75, 3.05) is 18.0 Å². The first-order chi connectivity index (χ1) is 8.99. The highest BCUT2D eigenvalue weighted by Crippen LogP contribution is 2.29. The van der Waals surface area contributed by atoms with E-state index >= 15 is 0 Å². The van der Waals surface area contributed by atoms with Crippen molar-refractivity contribution in [2.24, 2.45) is 0 Å². The van der Waals surface area contributed by atoms with Gasteiger partial charge in [-0.15, -0.1) is 0 Å². The highest BCUT2D eigenvalue weighted by atomic mass is 35.5. The average Bonchev–Trinajstić information content (AvgIpc) is 2.39. The average molecular weight is 285 g/mol. The van der Waals surface area contributed by atoms with Crippen LogP contribution in [0, 0.1) is 5.82 Å². The number of hydrogen-bond acceptors (Lipinski definition) is 2. The molecule has 2 nitrogen and oxygen atoms in total. The third-order valence-electron chi connectivity index (χ3n) is 4.31. The fourth-order valence-electron chi connectivity index (χ4n) is 2.79. The van der Waals surface area contributed by atoms with Crippen molar-refractivity contribution in [3.8, 4) is 0 Å². The molecule has 0 saturated carbocycles. The van der Waals surface area contributed by atoms with Gasteiger partial charge in [0.1, 0.15) is 5.82 Å². The second-order valence-corrected chi connectivity index (χ2v) is 5.91. The van der Waals surface area contributed by atoms with Crippen molar-refractivity contribution in [1.29, 1.82) is 0 Å². The van der Waals surface area contributed by atoms with Gasteiger partial charge in [-0.25, -0.2) is 4.39 Å². The van der Waals surface area contributed by atoms with Crippen LogP contribution in [0.25, 0.3) is 0 Å². The van der Waals surface area contributed by atoms with Crippen LogP contribution in [0.1, 0.15) is 33.6 Å². The third kappa shape index (κ3) is 3.03. The molecule has 106 valence electrons. The molecule has 19 heavy (non-hydrogen) atoms. The van der Waals surface area contributed by atoms with Gasteiger partial charge in [0.2, 0.25) is 0 Å². The van der Waals surface area contributed by atoms with Crippen LogP contribution in [-0.2, 0) is 0 Å². The van der Waals surface area contributed by atoms with E-state index < -0.39 is 0 Å². The van der Waals surface area contributed by atoms with E-state index in [4.69, 9.17) is 11.6 Å². The van der Waals surface area contributed by atoms with Crippen LogP contribution in [0.4, 0.5) is 10.1 Å². The molecule has 1 atom stereocenters. The first-order valence-corrected chi connectivity index (χ1v) is 7.35. The molecule has 1 saturated heterocycles. The minimum absolute atomic E-state index is 0.116. The second kappa shape index (κ2) is 5.68. The summed E-state index contributed by atoms with van der Waals surface area (Å²) in [7, 11) is 0. The van der Waals surface area contributed by atoms with E-state index in [-0.39, 0.29) is 11.4 Å². The maximum Gasteiger partial charge on any atom is 0.126 e. The molecule has 1 aliphatic heterocycles. The zero-order valence-electron chi connectivity index (χ0n) is 11.8. The molecule has 1 heterocycles. The van der Waals surface area contributed by atoms with Crippen LogP contribution in [0.5, 0.6) is 0 Å². The lowest BCUT2D eigenvalue weighted by molar-refractivity contribution is 0.253. The van der Waals surface area contributed by atoms with Gasteiger partial charge in [0.05, 0.1) is 0 Å². The Morgan fingerprint density at radius 3 is 2.63 bits per heavy atom. The molecule has 0 aromatic heterocycles. The highest BCUT2D eigenvalue weighted by Gasteiger charge is 2.35. The van der Waals surface area contributed by atoms with Gasteiger partial charge in [-0.3, -0.25) is 0 Å². The maximum atomic E-state index is 13.5. The summed E-state index contributed by atoms with van der Waals surface area (Å²) in [6.07, 6.45) is 2.13. The molecule has 0 bridgehead atoms. The monoisotopic (exact) mass is 284 g/mol. The fraction of sp³-hybridized carbons (Fsp3) is 0.600. The Hall–Kier alpha value is -0.800. The number of anilines is 1. The highest BCUT2D eigenvalue weighted by molar-refractivity contribution is 6.30. The predicted octanol–water partition coefficient (Wildman–Crippen LogP) is 3.84. The first-order valence-electron chi connectivity index (χ1n) is 6.97. The quantitative estimate of drug-likeness (QED) is 0.907. The molecule has 1 aromatic carbocycles. The van der Waals surface area contributed by atoms with Gasteiger partial charge in [-0.05, 0) is 38.0 Å². The van der Waals surface area contributed by atoms with Gasteiger partial charge in [0.15, 0.2) is 0 Å². The molecular weight excluding hydrogens is 263 g/mol. The van der Waals surface area contributed by atoms with E-state index in [1.807, 2.05) is 6.07 Å². The molecule has 1 N–H and O–H groups in total. The first kappa shape index (κ1) is 14.6. The van der Waals surface area contributed by atoms with E-state index in [0.29, 0.717) is 11.1 Å². The van der Waals surface area contributed by atoms with Crippen molar-refractivity contribution >= 4 is 17.3 Å². The molecule has 0 spiro atoms. The Morgan fingerprint density at radius 1 is 1.37 bits per heavy atom. The van der Waals surface area contributed by atoms with Gasteiger partial charge < -0.3 is 10.2 Å². The zero-order valence-corrected chi connectivity index (χ0v) is 12.6. The summed E-state index contributed by atoms with van der Waals surface area (Å²) in [5.74, 6) is -0.271. The van der Waals surface area contributed by atoms with Crippen molar-refractivity contribution in [2.45, 2.75) is 45.2 Å². The fourth-order valence-corrected chi connectivity index (χ4v) is 3.00. The summed E-state index contributed by atoms with van der Waals surface area (Å²) >= 11 is 5.97. The van der Waals surface area contributed by atoms with Crippen LogP contribution in [0.3, 0.4) is 0 Å². The molecule has 1 aromatic rings. The van der Waals surface area contributed by atoms with E-state index in [1.165, 1.54) is 6.07 Å². The van der Waals surface area contributed by atoms with Crippen LogP contribution >= 0.6 is 11.6 Å². The Labute approximate surface area is 119 Å². The predicted molar refractivity (Wildman–Crippen MR) is 79.5 cm³/mol. The Balaban J connectivity index is 2.30. The van der Waals surface area contributed by atoms with Gasteiger partial charge in [0.25, 0.3) is 0 Å². The standard InChI is InChI=1S/C15H22ClFN2/c1-4-15(5-2)10-19(11(3)9-18-15)14-7-12(16)6-13(17)8-14/h6-8,11,18H,4-5,9-10H2,1-3H3. The van der Waals surface area contributed by atoms with Gasteiger partial charge in [0, 0.05) is 35.4 Å². The summed E-state index contributed by atoms with van der Waals surface area (Å²) in [6, 6.07) is 5.11. The lowest BCUT2D eigenvalue weighted by atomic mass is 9.88. The minimum atomic E-state index is -0.271. The Kier molecular flexibility index (Phi) is 4.36. The smallest absolute Gasteiger partial charge is 0.126 e. The van der Waals surface area contributed by atoms with Crippen LogP contribution < -0.4 is 10.2 Å². The summed E-state index contributed by atoms with van der Waals surface area (Å²) in [5.41, 5.74) is 0.996.